The van der Waals surface area contributed by atoms with E-state index >= 15 is 0 Å². The molecule has 1 unspecified atom stereocenters. The Kier molecular flexibility index (Phi) is 6.57. The number of hydrogen-bond donors (Lipinski definition) is 0. The van der Waals surface area contributed by atoms with Crippen LogP contribution in [0.5, 0.6) is 0 Å². The summed E-state index contributed by atoms with van der Waals surface area (Å²) in [6, 6.07) is -0.463. The average molecular weight is 354 g/mol. The molecule has 23 heavy (non-hydrogen) atoms. The van der Waals surface area contributed by atoms with Crippen molar-refractivity contribution < 1.29 is 9.53 Å². The van der Waals surface area contributed by atoms with Gasteiger partial charge in [0.1, 0.15) is 13.1 Å². The van der Waals surface area contributed by atoms with E-state index in [9.17, 15) is 4.79 Å². The molecule has 0 saturated heterocycles. The Bertz CT molecular complexity index is 519. The monoisotopic (exact) mass is 353 g/mol. The van der Waals surface area contributed by atoms with E-state index in [1.165, 1.54) is 7.11 Å². The first-order chi connectivity index (χ1) is 10.5. The van der Waals surface area contributed by atoms with E-state index in [-0.39, 0.29) is 10.7 Å². The lowest BCUT2D eigenvalue weighted by molar-refractivity contribution is -0.142. The van der Waals surface area contributed by atoms with Gasteiger partial charge in [-0.3, -0.25) is 4.99 Å². The van der Waals surface area contributed by atoms with Gasteiger partial charge in [-0.15, -0.1) is 5.54 Å². The van der Waals surface area contributed by atoms with Crippen LogP contribution < -0.4 is 0 Å². The largest absolute Gasteiger partial charge is 0.467 e. The van der Waals surface area contributed by atoms with Crippen molar-refractivity contribution in [3.63, 3.8) is 0 Å². The van der Waals surface area contributed by atoms with Crippen LogP contribution in [-0.4, -0.2) is 37.0 Å². The molecule has 0 spiro atoms. The smallest absolute Gasteiger partial charge is 0.332 e. The Labute approximate surface area is 147 Å². The van der Waals surface area contributed by atoms with E-state index in [1.807, 2.05) is 13.8 Å². The van der Waals surface area contributed by atoms with Crippen molar-refractivity contribution in [3.8, 4) is 11.5 Å². The van der Waals surface area contributed by atoms with Gasteiger partial charge in [-0.05, 0) is 36.4 Å². The van der Waals surface area contributed by atoms with Gasteiger partial charge in [0.05, 0.1) is 11.9 Å². The molecular formula is C18H31NO2SSi. The molecule has 1 atom stereocenters. The molecule has 3 nitrogen and oxygen atoms in total. The summed E-state index contributed by atoms with van der Waals surface area (Å²) < 4.78 is 4.58. The first-order valence-corrected chi connectivity index (χ1v) is 11.4. The Morgan fingerprint density at radius 2 is 1.65 bits per heavy atom. The number of rotatable bonds is 4. The highest BCUT2D eigenvalue weighted by Crippen LogP contribution is 2.42. The molecule has 1 aliphatic heterocycles. The summed E-state index contributed by atoms with van der Waals surface area (Å²) in [5, 5.41) is 0.782. The van der Waals surface area contributed by atoms with Crippen LogP contribution in [-0.2, 0) is 9.53 Å². The number of nitrogens with zero attached hydrogens (tertiary/aromatic N) is 1. The van der Waals surface area contributed by atoms with Gasteiger partial charge >= 0.3 is 5.97 Å². The molecule has 0 aromatic heterocycles. The van der Waals surface area contributed by atoms with Crippen LogP contribution in [0.25, 0.3) is 0 Å². The molecule has 0 aliphatic carbocycles. The molecular weight excluding hydrogens is 322 g/mol. The second-order valence-corrected chi connectivity index (χ2v) is 14.9. The average Bonchev–Trinajstić information content (AvgIpc) is 2.72. The van der Waals surface area contributed by atoms with Gasteiger partial charge in [0, 0.05) is 0 Å². The van der Waals surface area contributed by atoms with Crippen molar-refractivity contribution in [2.24, 2.45) is 4.99 Å². The van der Waals surface area contributed by atoms with Gasteiger partial charge in [0.2, 0.25) is 0 Å². The second kappa shape index (κ2) is 7.44. The van der Waals surface area contributed by atoms with E-state index in [1.54, 1.807) is 11.8 Å². The lowest BCUT2D eigenvalue weighted by atomic mass is 10.0. The summed E-state index contributed by atoms with van der Waals surface area (Å²) in [4.78, 5) is 16.5. The van der Waals surface area contributed by atoms with Gasteiger partial charge in [0.15, 0.2) is 6.04 Å². The molecule has 0 aromatic rings. The molecule has 1 rings (SSSR count). The van der Waals surface area contributed by atoms with E-state index < -0.39 is 14.1 Å². The molecule has 0 amide bonds. The van der Waals surface area contributed by atoms with Crippen LogP contribution in [0.2, 0.25) is 16.6 Å². The third kappa shape index (κ3) is 4.03. The van der Waals surface area contributed by atoms with Crippen LogP contribution in [0.15, 0.2) is 4.99 Å². The van der Waals surface area contributed by atoms with E-state index in [0.29, 0.717) is 16.6 Å². The van der Waals surface area contributed by atoms with Gasteiger partial charge in [0.25, 0.3) is 0 Å². The number of aliphatic imine (C=N–C) groups is 1. The van der Waals surface area contributed by atoms with Gasteiger partial charge < -0.3 is 4.74 Å². The van der Waals surface area contributed by atoms with Crippen molar-refractivity contribution in [2.75, 3.05) is 7.11 Å². The summed E-state index contributed by atoms with van der Waals surface area (Å²) >= 11 is 1.59. The molecule has 130 valence electrons. The number of thioether (sulfide) groups is 1. The number of carbonyl (C=O) groups excluding carboxylic acids is 1. The maximum absolute atomic E-state index is 11.9. The van der Waals surface area contributed by atoms with E-state index in [4.69, 9.17) is 4.74 Å². The highest BCUT2D eigenvalue weighted by Gasteiger charge is 2.44. The topological polar surface area (TPSA) is 38.7 Å². The predicted molar refractivity (Wildman–Crippen MR) is 104 cm³/mol. The third-order valence-electron chi connectivity index (χ3n) is 4.94. The van der Waals surface area contributed by atoms with Gasteiger partial charge in [-0.25, -0.2) is 4.79 Å². The zero-order valence-corrected chi connectivity index (χ0v) is 17.8. The molecule has 0 aromatic carbocycles. The fraction of sp³-hybridized carbons (Fsp3) is 0.778. The van der Waals surface area contributed by atoms with Crippen molar-refractivity contribution in [2.45, 2.75) is 82.8 Å². The molecule has 1 heterocycles. The molecule has 0 N–H and O–H groups in total. The second-order valence-electron chi connectivity index (χ2n) is 7.71. The van der Waals surface area contributed by atoms with Crippen LogP contribution >= 0.6 is 11.8 Å². The van der Waals surface area contributed by atoms with Crippen molar-refractivity contribution in [1.82, 2.24) is 0 Å². The lowest BCUT2D eigenvalue weighted by Crippen LogP contribution is -2.43. The maximum atomic E-state index is 11.9. The number of methoxy groups -OCH3 is 1. The Morgan fingerprint density at radius 3 is 2.04 bits per heavy atom. The number of esters is 1. The SMILES string of the molecule is COC(=O)C1N=C(C#C[Si](C(C)C)(C(C)C)C(C)C)SC1(C)C. The minimum atomic E-state index is -1.77. The first-order valence-electron chi connectivity index (χ1n) is 8.36. The van der Waals surface area contributed by atoms with E-state index in [0.717, 1.165) is 5.04 Å². The molecule has 0 fully saturated rings. The fourth-order valence-corrected chi connectivity index (χ4v) is 10.0. The minimum Gasteiger partial charge on any atom is -0.467 e. The summed E-state index contributed by atoms with van der Waals surface area (Å²) in [6.45, 7) is 17.8. The highest BCUT2D eigenvalue weighted by molar-refractivity contribution is 8.16. The standard InChI is InChI=1S/C18H31NO2SSi/c1-12(2)23(13(3)4,14(5)6)11-10-15-19-16(17(20)21-9)18(7,8)22-15/h12-14,16H,1-9H3. The van der Waals surface area contributed by atoms with Gasteiger partial charge in [-0.2, -0.15) is 0 Å². The van der Waals surface area contributed by atoms with Gasteiger partial charge in [-0.1, -0.05) is 53.3 Å². The molecule has 0 bridgehead atoms. The predicted octanol–water partition coefficient (Wildman–Crippen LogP) is 4.67. The molecule has 5 heteroatoms. The fourth-order valence-electron chi connectivity index (χ4n) is 3.70. The van der Waals surface area contributed by atoms with Crippen LogP contribution in [0.1, 0.15) is 55.4 Å². The number of carbonyl (C=O) groups is 1. The summed E-state index contributed by atoms with van der Waals surface area (Å²) in [7, 11) is -0.357. The summed E-state index contributed by atoms with van der Waals surface area (Å²) in [6.07, 6.45) is 0. The Balaban J connectivity index is 3.21. The quantitative estimate of drug-likeness (QED) is 0.419. The Hall–Kier alpha value is -0.733. The normalized spacial score (nSPS) is 20.5. The Morgan fingerprint density at radius 1 is 1.17 bits per heavy atom. The molecule has 1 aliphatic rings. The maximum Gasteiger partial charge on any atom is 0.332 e. The third-order valence-corrected chi connectivity index (χ3v) is 12.4. The minimum absolute atomic E-state index is 0.278. The van der Waals surface area contributed by atoms with Crippen LogP contribution in [0.3, 0.4) is 0 Å². The van der Waals surface area contributed by atoms with Crippen molar-refractivity contribution in [3.05, 3.63) is 0 Å². The lowest BCUT2D eigenvalue weighted by Gasteiger charge is -2.38. The molecule has 0 radical (unpaired) electrons. The summed E-state index contributed by atoms with van der Waals surface area (Å²) in [5.41, 5.74) is 5.44. The zero-order valence-electron chi connectivity index (χ0n) is 16.0. The van der Waals surface area contributed by atoms with E-state index in [2.05, 4.69) is 58.0 Å². The first kappa shape index (κ1) is 20.3. The van der Waals surface area contributed by atoms with Crippen molar-refractivity contribution >= 4 is 30.8 Å². The highest BCUT2D eigenvalue weighted by atomic mass is 32.2. The zero-order chi connectivity index (χ0) is 18.0. The van der Waals surface area contributed by atoms with Crippen LogP contribution in [0.4, 0.5) is 0 Å². The number of hydrogen-bond acceptors (Lipinski definition) is 4. The summed E-state index contributed by atoms with van der Waals surface area (Å²) in [5.74, 6) is 3.07. The van der Waals surface area contributed by atoms with Crippen molar-refractivity contribution in [1.29, 1.82) is 0 Å². The number of ether oxygens (including phenoxy) is 1. The molecule has 0 saturated carbocycles. The van der Waals surface area contributed by atoms with Crippen LogP contribution in [0, 0.1) is 11.5 Å².